The molecule has 1 aliphatic rings. The van der Waals surface area contributed by atoms with Crippen LogP contribution in [0.3, 0.4) is 0 Å². The summed E-state index contributed by atoms with van der Waals surface area (Å²) in [5.41, 5.74) is 1.51. The van der Waals surface area contributed by atoms with Crippen LogP contribution in [0.25, 0.3) is 0 Å². The maximum atomic E-state index is 13.1. The topological polar surface area (TPSA) is 86.8 Å². The third kappa shape index (κ3) is 4.83. The van der Waals surface area contributed by atoms with Gasteiger partial charge in [-0.15, -0.1) is 0 Å². The van der Waals surface area contributed by atoms with Gasteiger partial charge in [-0.1, -0.05) is 48.9 Å². The number of likely N-dealkylation sites (N-methyl/N-ethyl adjacent to an activating group) is 1. The number of nitrogens with zero attached hydrogens (tertiary/aromatic N) is 2. The summed E-state index contributed by atoms with van der Waals surface area (Å²) in [4.78, 5) is 53.3. The van der Waals surface area contributed by atoms with E-state index in [-0.39, 0.29) is 43.1 Å². The van der Waals surface area contributed by atoms with E-state index in [2.05, 4.69) is 5.32 Å². The molecule has 32 heavy (non-hydrogen) atoms. The number of nitrogens with one attached hydrogen (secondary N) is 1. The molecule has 0 radical (unpaired) electrons. The molecule has 1 N–H and O–H groups in total. The smallest absolute Gasteiger partial charge is 0.261 e. The van der Waals surface area contributed by atoms with E-state index in [0.29, 0.717) is 29.0 Å². The van der Waals surface area contributed by atoms with Crippen molar-refractivity contribution in [1.29, 1.82) is 0 Å². The Morgan fingerprint density at radius 2 is 1.62 bits per heavy atom. The SMILES string of the molecule is CCC(C(=O)NC)N(Cc1ccccc1Cl)C(=O)CCCN1C(=O)c2ccccc2C1=O. The summed E-state index contributed by atoms with van der Waals surface area (Å²) >= 11 is 6.28. The molecule has 8 heteroatoms. The summed E-state index contributed by atoms with van der Waals surface area (Å²) in [6, 6.07) is 13.2. The zero-order chi connectivity index (χ0) is 23.3. The molecule has 3 rings (SSSR count). The van der Waals surface area contributed by atoms with Crippen LogP contribution in [-0.2, 0) is 16.1 Å². The van der Waals surface area contributed by atoms with Crippen LogP contribution < -0.4 is 5.32 Å². The van der Waals surface area contributed by atoms with E-state index in [4.69, 9.17) is 11.6 Å². The van der Waals surface area contributed by atoms with Gasteiger partial charge in [-0.3, -0.25) is 24.1 Å². The van der Waals surface area contributed by atoms with E-state index in [9.17, 15) is 19.2 Å². The minimum absolute atomic E-state index is 0.0886. The van der Waals surface area contributed by atoms with Gasteiger partial charge in [0.2, 0.25) is 11.8 Å². The highest BCUT2D eigenvalue weighted by atomic mass is 35.5. The molecule has 0 saturated heterocycles. The van der Waals surface area contributed by atoms with Crippen LogP contribution in [0.1, 0.15) is 52.5 Å². The average molecular weight is 456 g/mol. The molecule has 1 unspecified atom stereocenters. The van der Waals surface area contributed by atoms with Crippen LogP contribution in [0.2, 0.25) is 5.02 Å². The number of hydrogen-bond donors (Lipinski definition) is 1. The lowest BCUT2D eigenvalue weighted by Crippen LogP contribution is -2.48. The van der Waals surface area contributed by atoms with E-state index in [1.807, 2.05) is 19.1 Å². The van der Waals surface area contributed by atoms with Gasteiger partial charge in [0.15, 0.2) is 0 Å². The number of amides is 4. The summed E-state index contributed by atoms with van der Waals surface area (Å²) in [7, 11) is 1.53. The van der Waals surface area contributed by atoms with Gasteiger partial charge < -0.3 is 10.2 Å². The summed E-state index contributed by atoms with van der Waals surface area (Å²) in [6.45, 7) is 2.16. The van der Waals surface area contributed by atoms with Gasteiger partial charge in [0.05, 0.1) is 11.1 Å². The molecule has 1 aliphatic heterocycles. The van der Waals surface area contributed by atoms with E-state index >= 15 is 0 Å². The zero-order valence-electron chi connectivity index (χ0n) is 18.1. The standard InChI is InChI=1S/C24H26ClN3O4/c1-3-20(22(30)26-2)28(15-16-9-4-7-12-19(16)25)21(29)13-8-14-27-23(31)17-10-5-6-11-18(17)24(27)32/h4-7,9-12,20H,3,8,13-15H2,1-2H3,(H,26,30). The van der Waals surface area contributed by atoms with Crippen molar-refractivity contribution in [3.8, 4) is 0 Å². The monoisotopic (exact) mass is 455 g/mol. The van der Waals surface area contributed by atoms with Gasteiger partial charge in [0.25, 0.3) is 11.8 Å². The Bertz CT molecular complexity index is 1000. The van der Waals surface area contributed by atoms with Crippen molar-refractivity contribution < 1.29 is 19.2 Å². The molecular weight excluding hydrogens is 430 g/mol. The minimum Gasteiger partial charge on any atom is -0.357 e. The predicted octanol–water partition coefficient (Wildman–Crippen LogP) is 3.27. The molecule has 168 valence electrons. The normalized spacial score (nSPS) is 13.7. The van der Waals surface area contributed by atoms with E-state index in [1.54, 1.807) is 36.4 Å². The molecule has 1 heterocycles. The van der Waals surface area contributed by atoms with E-state index in [0.717, 1.165) is 5.56 Å². The van der Waals surface area contributed by atoms with Crippen LogP contribution in [0.5, 0.6) is 0 Å². The second-order valence-electron chi connectivity index (χ2n) is 7.56. The Hall–Kier alpha value is -3.19. The molecular formula is C24H26ClN3O4. The average Bonchev–Trinajstić information content (AvgIpc) is 3.04. The maximum Gasteiger partial charge on any atom is 0.261 e. The Balaban J connectivity index is 1.70. The largest absolute Gasteiger partial charge is 0.357 e. The quantitative estimate of drug-likeness (QED) is 0.588. The molecule has 4 amide bonds. The minimum atomic E-state index is -0.650. The van der Waals surface area contributed by atoms with Gasteiger partial charge in [-0.05, 0) is 36.6 Å². The summed E-state index contributed by atoms with van der Waals surface area (Å²) in [5.74, 6) is -1.18. The first-order valence-electron chi connectivity index (χ1n) is 10.6. The molecule has 0 saturated carbocycles. The number of carbonyl (C=O) groups is 4. The third-order valence-electron chi connectivity index (χ3n) is 5.58. The maximum absolute atomic E-state index is 13.1. The molecule has 2 aromatic carbocycles. The number of benzene rings is 2. The Morgan fingerprint density at radius 1 is 1.03 bits per heavy atom. The molecule has 2 aromatic rings. The van der Waals surface area contributed by atoms with Crippen molar-refractivity contribution in [3.05, 3.63) is 70.2 Å². The first-order valence-corrected chi connectivity index (χ1v) is 11.0. The molecule has 0 fully saturated rings. The lowest BCUT2D eigenvalue weighted by molar-refractivity contribution is -0.141. The molecule has 0 aliphatic carbocycles. The van der Waals surface area contributed by atoms with Crippen molar-refractivity contribution in [1.82, 2.24) is 15.1 Å². The van der Waals surface area contributed by atoms with Crippen LogP contribution in [0, 0.1) is 0 Å². The van der Waals surface area contributed by atoms with Gasteiger partial charge in [0, 0.05) is 31.6 Å². The van der Waals surface area contributed by atoms with Crippen molar-refractivity contribution in [2.75, 3.05) is 13.6 Å². The highest BCUT2D eigenvalue weighted by molar-refractivity contribution is 6.31. The number of carbonyl (C=O) groups excluding carboxylic acids is 4. The second kappa shape index (κ2) is 10.4. The van der Waals surface area contributed by atoms with Crippen molar-refractivity contribution in [2.24, 2.45) is 0 Å². The van der Waals surface area contributed by atoms with Gasteiger partial charge in [-0.2, -0.15) is 0 Å². The van der Waals surface area contributed by atoms with Crippen LogP contribution in [-0.4, -0.2) is 53.1 Å². The Kier molecular flexibility index (Phi) is 7.64. The first-order chi connectivity index (χ1) is 15.4. The van der Waals surface area contributed by atoms with Gasteiger partial charge in [-0.25, -0.2) is 0 Å². The first kappa shape index (κ1) is 23.5. The Morgan fingerprint density at radius 3 is 2.19 bits per heavy atom. The lowest BCUT2D eigenvalue weighted by atomic mass is 10.1. The molecule has 0 bridgehead atoms. The molecule has 0 aromatic heterocycles. The highest BCUT2D eigenvalue weighted by Crippen LogP contribution is 2.24. The van der Waals surface area contributed by atoms with Crippen LogP contribution >= 0.6 is 11.6 Å². The zero-order valence-corrected chi connectivity index (χ0v) is 18.9. The van der Waals surface area contributed by atoms with E-state index in [1.165, 1.54) is 16.8 Å². The Labute approximate surface area is 192 Å². The second-order valence-corrected chi connectivity index (χ2v) is 7.97. The van der Waals surface area contributed by atoms with Crippen molar-refractivity contribution in [3.63, 3.8) is 0 Å². The number of halogens is 1. The van der Waals surface area contributed by atoms with Crippen LogP contribution in [0.15, 0.2) is 48.5 Å². The van der Waals surface area contributed by atoms with E-state index < -0.39 is 6.04 Å². The number of imide groups is 1. The lowest BCUT2D eigenvalue weighted by Gasteiger charge is -2.30. The fraction of sp³-hybridized carbons (Fsp3) is 0.333. The summed E-state index contributed by atoms with van der Waals surface area (Å²) in [6.07, 6.45) is 0.827. The summed E-state index contributed by atoms with van der Waals surface area (Å²) in [5, 5.41) is 3.13. The third-order valence-corrected chi connectivity index (χ3v) is 5.95. The van der Waals surface area contributed by atoms with Crippen molar-refractivity contribution in [2.45, 2.75) is 38.8 Å². The number of hydrogen-bond acceptors (Lipinski definition) is 4. The van der Waals surface area contributed by atoms with Crippen LogP contribution in [0.4, 0.5) is 0 Å². The van der Waals surface area contributed by atoms with Crippen molar-refractivity contribution >= 4 is 35.2 Å². The fourth-order valence-electron chi connectivity index (χ4n) is 3.87. The van der Waals surface area contributed by atoms with Gasteiger partial charge in [0.1, 0.15) is 6.04 Å². The predicted molar refractivity (Wildman–Crippen MR) is 121 cm³/mol. The molecule has 7 nitrogen and oxygen atoms in total. The van der Waals surface area contributed by atoms with Gasteiger partial charge >= 0.3 is 0 Å². The molecule has 0 spiro atoms. The fourth-order valence-corrected chi connectivity index (χ4v) is 4.07. The number of fused-ring (bicyclic) bond motifs is 1. The highest BCUT2D eigenvalue weighted by Gasteiger charge is 2.35. The molecule has 1 atom stereocenters. The number of rotatable bonds is 9. The summed E-state index contributed by atoms with van der Waals surface area (Å²) < 4.78 is 0.